The Labute approximate surface area is 132 Å². The summed E-state index contributed by atoms with van der Waals surface area (Å²) in [6.07, 6.45) is 0. The Balaban J connectivity index is 2.59. The minimum Gasteiger partial charge on any atom is -0.478 e. The van der Waals surface area contributed by atoms with E-state index >= 15 is 0 Å². The first kappa shape index (κ1) is 17.5. The van der Waals surface area contributed by atoms with Crippen LogP contribution in [-0.2, 0) is 0 Å². The lowest BCUT2D eigenvalue weighted by molar-refractivity contribution is 0.0698. The van der Waals surface area contributed by atoms with E-state index in [9.17, 15) is 9.59 Å². The number of hydrogen-bond acceptors (Lipinski definition) is 3. The van der Waals surface area contributed by atoms with Gasteiger partial charge in [-0.15, -0.1) is 0 Å². The first-order valence-electron chi connectivity index (χ1n) is 6.59. The number of aromatic carboxylic acids is 1. The molecule has 3 N–H and O–H groups in total. The van der Waals surface area contributed by atoms with E-state index < -0.39 is 12.0 Å². The Kier molecular flexibility index (Phi) is 6.64. The highest BCUT2D eigenvalue weighted by atomic mass is 79.9. The third-order valence-corrected chi connectivity index (χ3v) is 3.59. The van der Waals surface area contributed by atoms with E-state index in [-0.39, 0.29) is 11.3 Å². The molecule has 1 aromatic carbocycles. The molecule has 1 rings (SSSR count). The molecule has 0 aromatic heterocycles. The van der Waals surface area contributed by atoms with E-state index in [1.165, 1.54) is 6.07 Å². The second-order valence-electron chi connectivity index (χ2n) is 4.95. The lowest BCUT2D eigenvalue weighted by Crippen LogP contribution is -2.38. The Morgan fingerprint density at radius 1 is 1.38 bits per heavy atom. The molecule has 0 radical (unpaired) electrons. The number of anilines is 1. The molecule has 0 aliphatic heterocycles. The molecule has 0 bridgehead atoms. The van der Waals surface area contributed by atoms with Gasteiger partial charge in [0.2, 0.25) is 0 Å². The minimum absolute atomic E-state index is 0.0487. The van der Waals surface area contributed by atoms with E-state index in [4.69, 9.17) is 5.11 Å². The topological polar surface area (TPSA) is 81.7 Å². The quantitative estimate of drug-likeness (QED) is 0.730. The van der Waals surface area contributed by atoms with Crippen molar-refractivity contribution in [3.05, 3.63) is 28.2 Å². The van der Waals surface area contributed by atoms with Crippen LogP contribution in [0.4, 0.5) is 10.5 Å². The number of hydrogen-bond donors (Lipinski definition) is 3. The van der Waals surface area contributed by atoms with Crippen molar-refractivity contribution in [1.82, 2.24) is 10.2 Å². The molecule has 7 heteroatoms. The van der Waals surface area contributed by atoms with Crippen LogP contribution in [0.25, 0.3) is 0 Å². The van der Waals surface area contributed by atoms with Crippen molar-refractivity contribution < 1.29 is 14.7 Å². The van der Waals surface area contributed by atoms with Gasteiger partial charge in [-0.3, -0.25) is 0 Å². The van der Waals surface area contributed by atoms with Gasteiger partial charge >= 0.3 is 12.0 Å². The molecular formula is C14H20BrN3O3. The lowest BCUT2D eigenvalue weighted by atomic mass is 10.2. The van der Waals surface area contributed by atoms with E-state index in [2.05, 4.69) is 45.3 Å². The number of urea groups is 1. The Morgan fingerprint density at radius 2 is 2.05 bits per heavy atom. The van der Waals surface area contributed by atoms with E-state index in [0.717, 1.165) is 6.54 Å². The van der Waals surface area contributed by atoms with Crippen molar-refractivity contribution in [2.45, 2.75) is 19.9 Å². The van der Waals surface area contributed by atoms with E-state index in [1.807, 2.05) is 7.05 Å². The maximum Gasteiger partial charge on any atom is 0.337 e. The summed E-state index contributed by atoms with van der Waals surface area (Å²) < 4.78 is 0.697. The summed E-state index contributed by atoms with van der Waals surface area (Å²) in [5.41, 5.74) is 0.305. The smallest absolute Gasteiger partial charge is 0.337 e. The molecule has 0 heterocycles. The number of carbonyl (C=O) groups is 2. The molecule has 0 unspecified atom stereocenters. The van der Waals surface area contributed by atoms with Crippen molar-refractivity contribution in [1.29, 1.82) is 0 Å². The van der Waals surface area contributed by atoms with Crippen LogP contribution in [0, 0.1) is 0 Å². The molecule has 0 aliphatic carbocycles. The van der Waals surface area contributed by atoms with Gasteiger partial charge in [0.25, 0.3) is 0 Å². The molecule has 1 aromatic rings. The molecule has 116 valence electrons. The Morgan fingerprint density at radius 3 is 2.62 bits per heavy atom. The van der Waals surface area contributed by atoms with Gasteiger partial charge in [0.1, 0.15) is 0 Å². The predicted molar refractivity (Wildman–Crippen MR) is 85.9 cm³/mol. The van der Waals surface area contributed by atoms with Gasteiger partial charge < -0.3 is 20.6 Å². The second kappa shape index (κ2) is 7.99. The molecule has 0 atom stereocenters. The summed E-state index contributed by atoms with van der Waals surface area (Å²) in [5.74, 6) is -1.09. The normalized spacial score (nSPS) is 10.8. The zero-order chi connectivity index (χ0) is 16.0. The molecule has 6 nitrogen and oxygen atoms in total. The monoisotopic (exact) mass is 357 g/mol. The largest absolute Gasteiger partial charge is 0.478 e. The highest BCUT2D eigenvalue weighted by Gasteiger charge is 2.13. The van der Waals surface area contributed by atoms with Gasteiger partial charge in [-0.1, -0.05) is 15.9 Å². The number of carboxylic acids is 1. The van der Waals surface area contributed by atoms with Crippen LogP contribution in [0.15, 0.2) is 22.7 Å². The third-order valence-electron chi connectivity index (χ3n) is 3.09. The van der Waals surface area contributed by atoms with Crippen LogP contribution in [0.3, 0.4) is 0 Å². The number of nitrogens with one attached hydrogen (secondary N) is 2. The van der Waals surface area contributed by atoms with E-state index in [1.54, 1.807) is 12.1 Å². The Bertz CT molecular complexity index is 520. The minimum atomic E-state index is -1.09. The fourth-order valence-electron chi connectivity index (χ4n) is 1.58. The van der Waals surface area contributed by atoms with Crippen molar-refractivity contribution in [3.63, 3.8) is 0 Å². The van der Waals surface area contributed by atoms with Crippen molar-refractivity contribution >= 4 is 33.6 Å². The lowest BCUT2D eigenvalue weighted by Gasteiger charge is -2.21. The number of likely N-dealkylation sites (N-methyl/N-ethyl adjacent to an activating group) is 1. The summed E-state index contributed by atoms with van der Waals surface area (Å²) in [4.78, 5) is 25.0. The summed E-state index contributed by atoms with van der Waals surface area (Å²) in [7, 11) is 1.97. The molecule has 0 fully saturated rings. The molecule has 21 heavy (non-hydrogen) atoms. The highest BCUT2D eigenvalue weighted by molar-refractivity contribution is 9.10. The van der Waals surface area contributed by atoms with Crippen LogP contribution < -0.4 is 10.6 Å². The van der Waals surface area contributed by atoms with Gasteiger partial charge in [-0.25, -0.2) is 9.59 Å². The molecule has 0 spiro atoms. The van der Waals surface area contributed by atoms with Gasteiger partial charge in [-0.05, 0) is 39.1 Å². The summed E-state index contributed by atoms with van der Waals surface area (Å²) in [6, 6.07) is 4.59. The van der Waals surface area contributed by atoms with Crippen molar-refractivity contribution in [2.24, 2.45) is 0 Å². The maximum absolute atomic E-state index is 11.8. The first-order chi connectivity index (χ1) is 9.81. The number of halogens is 1. The average Bonchev–Trinajstić information content (AvgIpc) is 2.37. The standard InChI is InChI=1S/C14H20BrN3O3/c1-9(2)18(3)7-6-16-14(21)17-12-8-10(15)4-5-11(12)13(19)20/h4-5,8-9H,6-7H2,1-3H3,(H,19,20)(H2,16,17,21). The molecule has 0 saturated carbocycles. The SMILES string of the molecule is CC(C)N(C)CCNC(=O)Nc1cc(Br)ccc1C(=O)O. The first-order valence-corrected chi connectivity index (χ1v) is 7.38. The van der Waals surface area contributed by atoms with Gasteiger partial charge in [0.05, 0.1) is 11.3 Å². The summed E-state index contributed by atoms with van der Waals surface area (Å²) >= 11 is 3.25. The third kappa shape index (κ3) is 5.73. The van der Waals surface area contributed by atoms with Gasteiger partial charge in [-0.2, -0.15) is 0 Å². The fourth-order valence-corrected chi connectivity index (χ4v) is 1.94. The number of rotatable bonds is 6. The number of amides is 2. The number of nitrogens with zero attached hydrogens (tertiary/aromatic N) is 1. The van der Waals surface area contributed by atoms with Crippen LogP contribution >= 0.6 is 15.9 Å². The van der Waals surface area contributed by atoms with Gasteiger partial charge in [0, 0.05) is 23.6 Å². The molecule has 0 saturated heterocycles. The van der Waals surface area contributed by atoms with Gasteiger partial charge in [0.15, 0.2) is 0 Å². The molecule has 2 amide bonds. The zero-order valence-corrected chi connectivity index (χ0v) is 13.9. The average molecular weight is 358 g/mol. The van der Waals surface area contributed by atoms with E-state index in [0.29, 0.717) is 17.1 Å². The number of carbonyl (C=O) groups excluding carboxylic acids is 1. The number of carboxylic acid groups (broad SMARTS) is 1. The van der Waals surface area contributed by atoms with Crippen LogP contribution in [0.1, 0.15) is 24.2 Å². The van der Waals surface area contributed by atoms with Crippen molar-refractivity contribution in [2.75, 3.05) is 25.5 Å². The summed E-state index contributed by atoms with van der Waals surface area (Å²) in [5, 5.41) is 14.3. The highest BCUT2D eigenvalue weighted by Crippen LogP contribution is 2.21. The Hall–Kier alpha value is -1.60. The van der Waals surface area contributed by atoms with Crippen molar-refractivity contribution in [3.8, 4) is 0 Å². The van der Waals surface area contributed by atoms with Crippen LogP contribution in [0.5, 0.6) is 0 Å². The maximum atomic E-state index is 11.8. The van der Waals surface area contributed by atoms with Crippen LogP contribution in [0.2, 0.25) is 0 Å². The van der Waals surface area contributed by atoms with Crippen LogP contribution in [-0.4, -0.2) is 48.2 Å². The zero-order valence-electron chi connectivity index (χ0n) is 12.3. The fraction of sp³-hybridized carbons (Fsp3) is 0.429. The second-order valence-corrected chi connectivity index (χ2v) is 5.87. The predicted octanol–water partition coefficient (Wildman–Crippen LogP) is 2.61. The molecule has 0 aliphatic rings. The summed E-state index contributed by atoms with van der Waals surface area (Å²) in [6.45, 7) is 5.34. The molecular weight excluding hydrogens is 338 g/mol. The number of benzene rings is 1.